The number of carbonyl (C=O) groups excluding carboxylic acids is 2. The molecule has 0 N–H and O–H groups in total. The molecule has 0 atom stereocenters. The van der Waals surface area contributed by atoms with Crippen LogP contribution in [0.1, 0.15) is 21.5 Å². The van der Waals surface area contributed by atoms with Gasteiger partial charge in [-0.05, 0) is 11.6 Å². The lowest BCUT2D eigenvalue weighted by Crippen LogP contribution is -2.26. The molecule has 2 aromatic carbocycles. The SMILES string of the molecule is O=C(c1ccccc1)c1cccc2c1N(CI)C(=O)C2. The zero-order valence-corrected chi connectivity index (χ0v) is 12.8. The highest BCUT2D eigenvalue weighted by Gasteiger charge is 2.30. The van der Waals surface area contributed by atoms with Crippen LogP contribution in [-0.4, -0.2) is 16.2 Å². The number of fused-ring (bicyclic) bond motifs is 1. The van der Waals surface area contributed by atoms with Gasteiger partial charge in [0.1, 0.15) is 0 Å². The molecule has 0 fully saturated rings. The fourth-order valence-corrected chi connectivity index (χ4v) is 3.21. The Balaban J connectivity index is 2.11. The van der Waals surface area contributed by atoms with Crippen molar-refractivity contribution < 1.29 is 9.59 Å². The Labute approximate surface area is 130 Å². The van der Waals surface area contributed by atoms with Crippen molar-refractivity contribution in [3.8, 4) is 0 Å². The first-order valence-electron chi connectivity index (χ1n) is 6.30. The lowest BCUT2D eigenvalue weighted by molar-refractivity contribution is -0.117. The first-order valence-corrected chi connectivity index (χ1v) is 7.83. The molecule has 20 heavy (non-hydrogen) atoms. The number of benzene rings is 2. The topological polar surface area (TPSA) is 37.4 Å². The predicted molar refractivity (Wildman–Crippen MR) is 86.4 cm³/mol. The van der Waals surface area contributed by atoms with Crippen molar-refractivity contribution in [3.63, 3.8) is 0 Å². The second-order valence-electron chi connectivity index (χ2n) is 4.63. The number of halogens is 1. The van der Waals surface area contributed by atoms with Crippen molar-refractivity contribution in [2.24, 2.45) is 0 Å². The first kappa shape index (κ1) is 13.3. The van der Waals surface area contributed by atoms with E-state index in [2.05, 4.69) is 22.6 Å². The van der Waals surface area contributed by atoms with Crippen LogP contribution in [0, 0.1) is 0 Å². The van der Waals surface area contributed by atoms with Crippen molar-refractivity contribution >= 4 is 40.0 Å². The molecule has 1 amide bonds. The Bertz CT molecular complexity index is 682. The van der Waals surface area contributed by atoms with Crippen LogP contribution < -0.4 is 4.90 Å². The van der Waals surface area contributed by atoms with E-state index in [1.165, 1.54) is 0 Å². The lowest BCUT2D eigenvalue weighted by atomic mass is 9.99. The van der Waals surface area contributed by atoms with Gasteiger partial charge in [0.25, 0.3) is 0 Å². The van der Waals surface area contributed by atoms with E-state index in [0.29, 0.717) is 22.1 Å². The minimum absolute atomic E-state index is 0.0352. The second kappa shape index (κ2) is 5.36. The molecule has 0 bridgehead atoms. The summed E-state index contributed by atoms with van der Waals surface area (Å²) in [6.07, 6.45) is 0.383. The molecule has 0 aliphatic carbocycles. The molecule has 0 radical (unpaired) electrons. The molecule has 0 saturated heterocycles. The monoisotopic (exact) mass is 377 g/mol. The molecule has 1 heterocycles. The maximum Gasteiger partial charge on any atom is 0.232 e. The average molecular weight is 377 g/mol. The summed E-state index contributed by atoms with van der Waals surface area (Å²) in [5.74, 6) is 0.0229. The first-order chi connectivity index (χ1) is 9.72. The number of para-hydroxylation sites is 1. The van der Waals surface area contributed by atoms with Gasteiger partial charge in [0.05, 0.1) is 16.7 Å². The summed E-state index contributed by atoms with van der Waals surface area (Å²) in [6.45, 7) is 0. The van der Waals surface area contributed by atoms with Gasteiger partial charge in [-0.1, -0.05) is 65.1 Å². The van der Waals surface area contributed by atoms with Gasteiger partial charge in [0, 0.05) is 11.1 Å². The molecule has 100 valence electrons. The summed E-state index contributed by atoms with van der Waals surface area (Å²) in [5, 5.41) is 0. The van der Waals surface area contributed by atoms with E-state index >= 15 is 0 Å². The van der Waals surface area contributed by atoms with Crippen LogP contribution in [0.2, 0.25) is 0 Å². The van der Waals surface area contributed by atoms with Crippen LogP contribution >= 0.6 is 22.6 Å². The third kappa shape index (κ3) is 2.14. The van der Waals surface area contributed by atoms with E-state index in [1.54, 1.807) is 23.1 Å². The Morgan fingerprint density at radius 3 is 2.55 bits per heavy atom. The highest BCUT2D eigenvalue weighted by atomic mass is 127. The van der Waals surface area contributed by atoms with Gasteiger partial charge in [0.2, 0.25) is 5.91 Å². The third-order valence-corrected chi connectivity index (χ3v) is 4.11. The van der Waals surface area contributed by atoms with Crippen molar-refractivity contribution in [1.82, 2.24) is 0 Å². The molecule has 0 saturated carbocycles. The Hall–Kier alpha value is -1.69. The fraction of sp³-hybridized carbons (Fsp3) is 0.125. The van der Waals surface area contributed by atoms with Gasteiger partial charge in [-0.2, -0.15) is 0 Å². The van der Waals surface area contributed by atoms with Gasteiger partial charge in [-0.15, -0.1) is 0 Å². The number of nitrogens with zero attached hydrogens (tertiary/aromatic N) is 1. The highest BCUT2D eigenvalue weighted by Crippen LogP contribution is 2.34. The minimum atomic E-state index is -0.0352. The summed E-state index contributed by atoms with van der Waals surface area (Å²) >= 11 is 2.15. The predicted octanol–water partition coefficient (Wildman–Crippen LogP) is 3.20. The highest BCUT2D eigenvalue weighted by molar-refractivity contribution is 14.1. The van der Waals surface area contributed by atoms with E-state index in [-0.39, 0.29) is 11.7 Å². The quantitative estimate of drug-likeness (QED) is 0.357. The molecule has 0 spiro atoms. The number of carbonyl (C=O) groups is 2. The molecular weight excluding hydrogens is 365 g/mol. The number of ketones is 1. The maximum absolute atomic E-state index is 12.6. The summed E-state index contributed by atoms with van der Waals surface area (Å²) in [4.78, 5) is 26.3. The molecule has 1 aliphatic rings. The van der Waals surface area contributed by atoms with Crippen molar-refractivity contribution in [1.29, 1.82) is 0 Å². The van der Waals surface area contributed by atoms with E-state index in [0.717, 1.165) is 11.3 Å². The number of amides is 1. The van der Waals surface area contributed by atoms with Gasteiger partial charge >= 0.3 is 0 Å². The van der Waals surface area contributed by atoms with Crippen molar-refractivity contribution in [2.45, 2.75) is 6.42 Å². The molecule has 3 nitrogen and oxygen atoms in total. The summed E-state index contributed by atoms with van der Waals surface area (Å²) < 4.78 is 0.558. The average Bonchev–Trinajstić information content (AvgIpc) is 2.82. The van der Waals surface area contributed by atoms with Gasteiger partial charge < -0.3 is 4.90 Å². The Morgan fingerprint density at radius 1 is 1.10 bits per heavy atom. The standard InChI is InChI=1S/C16H12INO2/c17-10-18-14(19)9-12-7-4-8-13(15(12)18)16(20)11-5-2-1-3-6-11/h1-8H,9-10H2. The summed E-state index contributed by atoms with van der Waals surface area (Å²) in [6, 6.07) is 14.7. The number of hydrogen-bond donors (Lipinski definition) is 0. The number of hydrogen-bond acceptors (Lipinski definition) is 2. The normalized spacial score (nSPS) is 13.4. The van der Waals surface area contributed by atoms with Crippen LogP contribution in [-0.2, 0) is 11.2 Å². The van der Waals surface area contributed by atoms with Crippen molar-refractivity contribution in [2.75, 3.05) is 9.45 Å². The molecule has 1 aliphatic heterocycles. The van der Waals surface area contributed by atoms with E-state index in [9.17, 15) is 9.59 Å². The smallest absolute Gasteiger partial charge is 0.232 e. The summed E-state index contributed by atoms with van der Waals surface area (Å²) in [5.41, 5.74) is 2.97. The largest absolute Gasteiger partial charge is 0.301 e. The van der Waals surface area contributed by atoms with Gasteiger partial charge in [-0.25, -0.2) is 0 Å². The summed E-state index contributed by atoms with van der Waals surface area (Å²) in [7, 11) is 0. The van der Waals surface area contributed by atoms with Crippen LogP contribution in [0.3, 0.4) is 0 Å². The Kier molecular flexibility index (Phi) is 3.56. The molecule has 0 unspecified atom stereocenters. The number of anilines is 1. The molecule has 2 aromatic rings. The lowest BCUT2D eigenvalue weighted by Gasteiger charge is -2.17. The molecule has 3 rings (SSSR count). The Morgan fingerprint density at radius 2 is 1.85 bits per heavy atom. The van der Waals surface area contributed by atoms with Gasteiger partial charge in [0.15, 0.2) is 5.78 Å². The van der Waals surface area contributed by atoms with Gasteiger partial charge in [-0.3, -0.25) is 9.59 Å². The van der Waals surface area contributed by atoms with Crippen LogP contribution in [0.15, 0.2) is 48.5 Å². The molecular formula is C16H12INO2. The number of alkyl halides is 1. The molecule has 4 heteroatoms. The zero-order chi connectivity index (χ0) is 14.1. The second-order valence-corrected chi connectivity index (χ2v) is 5.31. The zero-order valence-electron chi connectivity index (χ0n) is 10.7. The van der Waals surface area contributed by atoms with Crippen LogP contribution in [0.4, 0.5) is 5.69 Å². The van der Waals surface area contributed by atoms with Crippen molar-refractivity contribution in [3.05, 3.63) is 65.2 Å². The van der Waals surface area contributed by atoms with Crippen LogP contribution in [0.5, 0.6) is 0 Å². The van der Waals surface area contributed by atoms with E-state index in [4.69, 9.17) is 0 Å². The third-order valence-electron chi connectivity index (χ3n) is 3.43. The number of rotatable bonds is 3. The molecule has 0 aromatic heterocycles. The van der Waals surface area contributed by atoms with Crippen LogP contribution in [0.25, 0.3) is 0 Å². The maximum atomic E-state index is 12.6. The van der Waals surface area contributed by atoms with E-state index in [1.807, 2.05) is 30.3 Å². The van der Waals surface area contributed by atoms with E-state index < -0.39 is 0 Å². The minimum Gasteiger partial charge on any atom is -0.301 e. The fourth-order valence-electron chi connectivity index (χ4n) is 2.49.